The Morgan fingerprint density at radius 2 is 2.17 bits per heavy atom. The SMILES string of the molecule is Cc1ccc([N+](=O)[O-])cc1S(=O)(=O)N1C[C@@H]2CCC[C@@]2(C(=O)O)C1. The molecule has 2 fully saturated rings. The number of nitro groups is 1. The Labute approximate surface area is 139 Å². The van der Waals surface area contributed by atoms with Gasteiger partial charge in [-0.1, -0.05) is 12.5 Å². The normalized spacial score (nSPS) is 27.1. The minimum Gasteiger partial charge on any atom is -0.481 e. The number of rotatable bonds is 4. The van der Waals surface area contributed by atoms with E-state index in [1.54, 1.807) is 6.92 Å². The quantitative estimate of drug-likeness (QED) is 0.650. The molecule has 3 rings (SSSR count). The number of carboxylic acids is 1. The molecule has 130 valence electrons. The van der Waals surface area contributed by atoms with Crippen LogP contribution in [-0.4, -0.2) is 41.8 Å². The second-order valence-corrected chi connectivity index (χ2v) is 8.46. The van der Waals surface area contributed by atoms with Crippen LogP contribution in [0, 0.1) is 28.4 Å². The highest BCUT2D eigenvalue weighted by molar-refractivity contribution is 7.89. The van der Waals surface area contributed by atoms with Gasteiger partial charge in [-0.15, -0.1) is 0 Å². The Balaban J connectivity index is 2.00. The molecule has 1 aromatic rings. The highest BCUT2D eigenvalue weighted by Gasteiger charge is 2.57. The zero-order valence-corrected chi connectivity index (χ0v) is 14.0. The number of sulfonamides is 1. The molecule has 0 bridgehead atoms. The van der Waals surface area contributed by atoms with E-state index in [4.69, 9.17) is 0 Å². The van der Waals surface area contributed by atoms with Crippen LogP contribution in [0.25, 0.3) is 0 Å². The highest BCUT2D eigenvalue weighted by Crippen LogP contribution is 2.50. The van der Waals surface area contributed by atoms with Crippen molar-refractivity contribution in [3.05, 3.63) is 33.9 Å². The summed E-state index contributed by atoms with van der Waals surface area (Å²) in [5, 5.41) is 20.5. The first kappa shape index (κ1) is 16.8. The van der Waals surface area contributed by atoms with Gasteiger partial charge in [0.15, 0.2) is 0 Å². The molecule has 2 aliphatic rings. The molecule has 1 heterocycles. The van der Waals surface area contributed by atoms with Gasteiger partial charge in [0, 0.05) is 25.2 Å². The summed E-state index contributed by atoms with van der Waals surface area (Å²) < 4.78 is 27.1. The lowest BCUT2D eigenvalue weighted by molar-refractivity contribution is -0.385. The van der Waals surface area contributed by atoms with E-state index < -0.39 is 26.3 Å². The van der Waals surface area contributed by atoms with Gasteiger partial charge in [-0.2, -0.15) is 4.31 Å². The number of non-ortho nitro benzene ring substituents is 1. The van der Waals surface area contributed by atoms with Crippen LogP contribution >= 0.6 is 0 Å². The Morgan fingerprint density at radius 3 is 2.75 bits per heavy atom. The first-order valence-corrected chi connectivity index (χ1v) is 9.11. The molecular formula is C15H18N2O6S. The number of hydrogen-bond acceptors (Lipinski definition) is 5. The predicted molar refractivity (Wildman–Crippen MR) is 84.0 cm³/mol. The molecule has 0 unspecified atom stereocenters. The van der Waals surface area contributed by atoms with Crippen LogP contribution in [0.4, 0.5) is 5.69 Å². The number of hydrogen-bond donors (Lipinski definition) is 1. The molecule has 0 amide bonds. The standard InChI is InChI=1S/C15H18N2O6S/c1-10-4-5-12(17(20)21)7-13(10)24(22,23)16-8-11-3-2-6-15(11,9-16)14(18)19/h4-5,7,11H,2-3,6,8-9H2,1H3,(H,18,19)/t11-,15+/m0/s1. The summed E-state index contributed by atoms with van der Waals surface area (Å²) in [6, 6.07) is 3.70. The lowest BCUT2D eigenvalue weighted by atomic mass is 9.81. The van der Waals surface area contributed by atoms with Gasteiger partial charge in [-0.05, 0) is 31.2 Å². The largest absolute Gasteiger partial charge is 0.481 e. The average Bonchev–Trinajstić information content (AvgIpc) is 3.05. The van der Waals surface area contributed by atoms with E-state index >= 15 is 0 Å². The number of fused-ring (bicyclic) bond motifs is 1. The molecule has 1 saturated carbocycles. The topological polar surface area (TPSA) is 118 Å². The Bertz CT molecular complexity index is 821. The Hall–Kier alpha value is -2.00. The molecule has 24 heavy (non-hydrogen) atoms. The number of nitro benzene ring substituents is 1. The van der Waals surface area contributed by atoms with Crippen LogP contribution in [0.3, 0.4) is 0 Å². The van der Waals surface area contributed by atoms with Crippen LogP contribution in [0.1, 0.15) is 24.8 Å². The maximum absolute atomic E-state index is 12.9. The summed E-state index contributed by atoms with van der Waals surface area (Å²) in [5.41, 5.74) is -0.921. The second-order valence-electron chi connectivity index (χ2n) is 6.55. The molecule has 8 nitrogen and oxygen atoms in total. The number of aliphatic carboxylic acids is 1. The van der Waals surface area contributed by atoms with E-state index in [0.29, 0.717) is 18.4 Å². The fraction of sp³-hybridized carbons (Fsp3) is 0.533. The van der Waals surface area contributed by atoms with Crippen molar-refractivity contribution in [1.82, 2.24) is 4.31 Å². The van der Waals surface area contributed by atoms with Crippen LogP contribution in [0.5, 0.6) is 0 Å². The molecule has 0 spiro atoms. The van der Waals surface area contributed by atoms with E-state index in [2.05, 4.69) is 0 Å². The molecule has 9 heteroatoms. The van der Waals surface area contributed by atoms with Gasteiger partial charge >= 0.3 is 5.97 Å². The number of nitrogens with zero attached hydrogens (tertiary/aromatic N) is 2. The van der Waals surface area contributed by atoms with Crippen molar-refractivity contribution in [1.29, 1.82) is 0 Å². The Kier molecular flexibility index (Phi) is 3.88. The van der Waals surface area contributed by atoms with E-state index in [9.17, 15) is 28.4 Å². The third kappa shape index (κ3) is 2.39. The van der Waals surface area contributed by atoms with Crippen molar-refractivity contribution >= 4 is 21.7 Å². The maximum Gasteiger partial charge on any atom is 0.311 e. The van der Waals surface area contributed by atoms with Crippen LogP contribution in [0.15, 0.2) is 23.1 Å². The monoisotopic (exact) mass is 354 g/mol. The molecular weight excluding hydrogens is 336 g/mol. The fourth-order valence-electron chi connectivity index (χ4n) is 3.90. The van der Waals surface area contributed by atoms with Gasteiger partial charge in [0.05, 0.1) is 15.2 Å². The van der Waals surface area contributed by atoms with Crippen molar-refractivity contribution in [3.8, 4) is 0 Å². The van der Waals surface area contributed by atoms with E-state index in [1.807, 2.05) is 0 Å². The van der Waals surface area contributed by atoms with Crippen molar-refractivity contribution in [3.63, 3.8) is 0 Å². The molecule has 0 radical (unpaired) electrons. The second kappa shape index (κ2) is 5.52. The van der Waals surface area contributed by atoms with Crippen molar-refractivity contribution < 1.29 is 23.2 Å². The molecule has 1 aliphatic heterocycles. The zero-order chi connectivity index (χ0) is 17.7. The summed E-state index contributed by atoms with van der Waals surface area (Å²) in [5.74, 6) is -1.16. The smallest absolute Gasteiger partial charge is 0.311 e. The van der Waals surface area contributed by atoms with Crippen molar-refractivity contribution in [2.75, 3.05) is 13.1 Å². The van der Waals surface area contributed by atoms with Crippen molar-refractivity contribution in [2.45, 2.75) is 31.1 Å². The third-order valence-electron chi connectivity index (χ3n) is 5.27. The van der Waals surface area contributed by atoms with Gasteiger partial charge in [0.1, 0.15) is 0 Å². The number of aryl methyl sites for hydroxylation is 1. The summed E-state index contributed by atoms with van der Waals surface area (Å²) in [6.07, 6.45) is 1.93. The zero-order valence-electron chi connectivity index (χ0n) is 13.1. The van der Waals surface area contributed by atoms with Gasteiger partial charge < -0.3 is 5.11 Å². The molecule has 1 saturated heterocycles. The fourth-order valence-corrected chi connectivity index (χ4v) is 5.69. The van der Waals surface area contributed by atoms with E-state index in [-0.39, 0.29) is 29.6 Å². The highest BCUT2D eigenvalue weighted by atomic mass is 32.2. The lowest BCUT2D eigenvalue weighted by Gasteiger charge is -2.23. The summed E-state index contributed by atoms with van der Waals surface area (Å²) in [4.78, 5) is 21.9. The first-order valence-electron chi connectivity index (χ1n) is 7.67. The van der Waals surface area contributed by atoms with E-state index in [0.717, 1.165) is 12.5 Å². The molecule has 0 aromatic heterocycles. The van der Waals surface area contributed by atoms with Crippen LogP contribution in [0.2, 0.25) is 0 Å². The predicted octanol–water partition coefficient (Wildman–Crippen LogP) is 1.78. The van der Waals surface area contributed by atoms with E-state index in [1.165, 1.54) is 16.4 Å². The average molecular weight is 354 g/mol. The van der Waals surface area contributed by atoms with Crippen LogP contribution in [-0.2, 0) is 14.8 Å². The Morgan fingerprint density at radius 1 is 1.46 bits per heavy atom. The number of benzene rings is 1. The summed E-state index contributed by atoms with van der Waals surface area (Å²) in [7, 11) is -3.97. The van der Waals surface area contributed by atoms with Gasteiger partial charge in [-0.3, -0.25) is 14.9 Å². The third-order valence-corrected chi connectivity index (χ3v) is 7.22. The number of carbonyl (C=O) groups is 1. The molecule has 2 atom stereocenters. The summed E-state index contributed by atoms with van der Waals surface area (Å²) >= 11 is 0. The van der Waals surface area contributed by atoms with Gasteiger partial charge in [-0.25, -0.2) is 8.42 Å². The number of carboxylic acid groups (broad SMARTS) is 1. The van der Waals surface area contributed by atoms with Crippen LogP contribution < -0.4 is 0 Å². The molecule has 1 aromatic carbocycles. The minimum absolute atomic E-state index is 0.0720. The maximum atomic E-state index is 12.9. The summed E-state index contributed by atoms with van der Waals surface area (Å²) in [6.45, 7) is 1.65. The minimum atomic E-state index is -3.97. The molecule has 1 aliphatic carbocycles. The van der Waals surface area contributed by atoms with Crippen molar-refractivity contribution in [2.24, 2.45) is 11.3 Å². The first-order chi connectivity index (χ1) is 11.2. The van der Waals surface area contributed by atoms with Gasteiger partial charge in [0.2, 0.25) is 10.0 Å². The molecule has 1 N–H and O–H groups in total. The van der Waals surface area contributed by atoms with Gasteiger partial charge in [0.25, 0.3) is 5.69 Å². The lowest BCUT2D eigenvalue weighted by Crippen LogP contribution is -2.37.